The zero-order valence-corrected chi connectivity index (χ0v) is 15.3. The van der Waals surface area contributed by atoms with Crippen molar-refractivity contribution in [2.75, 3.05) is 18.0 Å². The van der Waals surface area contributed by atoms with Crippen LogP contribution in [0.2, 0.25) is 0 Å². The normalized spacial score (nSPS) is 13.9. The van der Waals surface area contributed by atoms with Crippen LogP contribution in [0.25, 0.3) is 10.2 Å². The maximum Gasteiger partial charge on any atom is 0.340 e. The van der Waals surface area contributed by atoms with Crippen LogP contribution in [-0.4, -0.2) is 29.0 Å². The van der Waals surface area contributed by atoms with Crippen molar-refractivity contribution in [2.24, 2.45) is 0 Å². The molecule has 1 aromatic heterocycles. The van der Waals surface area contributed by atoms with Gasteiger partial charge in [-0.25, -0.2) is 9.78 Å². The van der Waals surface area contributed by atoms with Crippen molar-refractivity contribution in [1.82, 2.24) is 4.98 Å². The molecule has 1 fully saturated rings. The minimum Gasteiger partial charge on any atom is -0.455 e. The van der Waals surface area contributed by atoms with Crippen LogP contribution < -0.4 is 4.90 Å². The zero-order chi connectivity index (χ0) is 18.8. The number of ether oxygens (including phenoxy) is 1. The molecule has 0 amide bonds. The summed E-state index contributed by atoms with van der Waals surface area (Å²) in [4.78, 5) is 29.8. The molecular weight excluding hydrogens is 366 g/mol. The number of anilines is 1. The second kappa shape index (κ2) is 7.32. The van der Waals surface area contributed by atoms with Crippen LogP contribution in [0.15, 0.2) is 42.5 Å². The highest BCUT2D eigenvalue weighted by Crippen LogP contribution is 2.29. The van der Waals surface area contributed by atoms with E-state index in [0.717, 1.165) is 36.1 Å². The summed E-state index contributed by atoms with van der Waals surface area (Å²) >= 11 is 1.47. The third kappa shape index (κ3) is 3.61. The highest BCUT2D eigenvalue weighted by molar-refractivity contribution is 7.18. The Balaban J connectivity index is 1.57. The van der Waals surface area contributed by atoms with Gasteiger partial charge in [-0.3, -0.25) is 10.1 Å². The van der Waals surface area contributed by atoms with Crippen LogP contribution in [0.4, 0.5) is 11.4 Å². The van der Waals surface area contributed by atoms with Gasteiger partial charge in [-0.2, -0.15) is 0 Å². The summed E-state index contributed by atoms with van der Waals surface area (Å²) in [6.07, 6.45) is 2.08. The lowest BCUT2D eigenvalue weighted by Gasteiger charge is -2.20. The largest absolute Gasteiger partial charge is 0.455 e. The summed E-state index contributed by atoms with van der Waals surface area (Å²) in [5.41, 5.74) is 1.66. The molecule has 2 aromatic carbocycles. The molecule has 138 valence electrons. The molecule has 0 bridgehead atoms. The Morgan fingerprint density at radius 2 is 2.00 bits per heavy atom. The predicted molar refractivity (Wildman–Crippen MR) is 103 cm³/mol. The molecule has 0 saturated carbocycles. The average Bonchev–Trinajstić information content (AvgIpc) is 3.34. The van der Waals surface area contributed by atoms with Crippen molar-refractivity contribution >= 4 is 38.9 Å². The first-order valence-corrected chi connectivity index (χ1v) is 9.48. The van der Waals surface area contributed by atoms with Gasteiger partial charge in [0.25, 0.3) is 5.69 Å². The molecule has 1 saturated heterocycles. The zero-order valence-electron chi connectivity index (χ0n) is 14.5. The van der Waals surface area contributed by atoms with Gasteiger partial charge in [0.1, 0.15) is 11.6 Å². The Bertz CT molecular complexity index is 978. The number of fused-ring (bicyclic) bond motifs is 1. The predicted octanol–water partition coefficient (Wildman–Crippen LogP) is 4.16. The van der Waals surface area contributed by atoms with E-state index in [1.807, 2.05) is 24.3 Å². The van der Waals surface area contributed by atoms with E-state index < -0.39 is 10.9 Å². The highest BCUT2D eigenvalue weighted by atomic mass is 32.1. The third-order valence-electron chi connectivity index (χ3n) is 4.52. The molecule has 4 rings (SSSR count). The van der Waals surface area contributed by atoms with Crippen molar-refractivity contribution < 1.29 is 14.5 Å². The van der Waals surface area contributed by atoms with Crippen molar-refractivity contribution in [1.29, 1.82) is 0 Å². The van der Waals surface area contributed by atoms with Gasteiger partial charge >= 0.3 is 5.97 Å². The number of carbonyl (C=O) groups excluding carboxylic acids is 1. The maximum absolute atomic E-state index is 12.7. The molecule has 0 atom stereocenters. The number of benzene rings is 2. The van der Waals surface area contributed by atoms with Crippen LogP contribution in [0.1, 0.15) is 28.2 Å². The second-order valence-corrected chi connectivity index (χ2v) is 7.42. The van der Waals surface area contributed by atoms with Gasteiger partial charge in [-0.1, -0.05) is 12.1 Å². The number of aromatic nitrogens is 1. The van der Waals surface area contributed by atoms with Gasteiger partial charge in [0.2, 0.25) is 0 Å². The van der Waals surface area contributed by atoms with Crippen molar-refractivity contribution in [3.05, 3.63) is 63.1 Å². The molecule has 27 heavy (non-hydrogen) atoms. The monoisotopic (exact) mass is 383 g/mol. The number of thiazole rings is 1. The summed E-state index contributed by atoms with van der Waals surface area (Å²) in [5, 5.41) is 11.8. The van der Waals surface area contributed by atoms with E-state index in [4.69, 9.17) is 4.74 Å². The number of para-hydroxylation sites is 1. The number of hydrogen-bond acceptors (Lipinski definition) is 7. The minimum absolute atomic E-state index is 0.0420. The quantitative estimate of drug-likeness (QED) is 0.374. The Hall–Kier alpha value is -3.00. The number of hydrogen-bond donors (Lipinski definition) is 0. The second-order valence-electron chi connectivity index (χ2n) is 6.30. The molecule has 0 unspecified atom stereocenters. The van der Waals surface area contributed by atoms with Crippen LogP contribution in [-0.2, 0) is 11.3 Å². The standard InChI is InChI=1S/C19H17N3O4S/c23-19(26-12-18-20-15-5-1-2-6-17(15)27-18)14-11-13(22(24)25)7-8-16(14)21-9-3-4-10-21/h1-2,5-8,11H,3-4,9-10,12H2. The third-order valence-corrected chi connectivity index (χ3v) is 5.53. The molecule has 0 aliphatic carbocycles. The fourth-order valence-corrected chi connectivity index (χ4v) is 4.10. The van der Waals surface area contributed by atoms with Crippen LogP contribution >= 0.6 is 11.3 Å². The van der Waals surface area contributed by atoms with Gasteiger partial charge < -0.3 is 9.64 Å². The van der Waals surface area contributed by atoms with Gasteiger partial charge in [-0.05, 0) is 31.0 Å². The fraction of sp³-hybridized carbons (Fsp3) is 0.263. The fourth-order valence-electron chi connectivity index (χ4n) is 3.22. The number of non-ortho nitro benzene ring substituents is 1. The molecule has 0 spiro atoms. The molecule has 3 aromatic rings. The number of rotatable bonds is 5. The first kappa shape index (κ1) is 17.4. The first-order valence-electron chi connectivity index (χ1n) is 8.67. The lowest BCUT2D eigenvalue weighted by Crippen LogP contribution is -2.21. The van der Waals surface area contributed by atoms with E-state index in [9.17, 15) is 14.9 Å². The molecule has 8 heteroatoms. The van der Waals surface area contributed by atoms with E-state index in [2.05, 4.69) is 9.88 Å². The highest BCUT2D eigenvalue weighted by Gasteiger charge is 2.23. The molecule has 1 aliphatic heterocycles. The molecule has 0 radical (unpaired) electrons. The number of nitro groups is 1. The lowest BCUT2D eigenvalue weighted by atomic mass is 10.1. The Kier molecular flexibility index (Phi) is 4.72. The molecule has 1 aliphatic rings. The number of carbonyl (C=O) groups is 1. The Labute approximate surface area is 159 Å². The SMILES string of the molecule is O=C(OCc1nc2ccccc2s1)c1cc([N+](=O)[O-])ccc1N1CCCC1. The summed E-state index contributed by atoms with van der Waals surface area (Å²) in [7, 11) is 0. The van der Waals surface area contributed by atoms with E-state index >= 15 is 0 Å². The summed E-state index contributed by atoms with van der Waals surface area (Å²) in [6, 6.07) is 12.1. The Morgan fingerprint density at radius 1 is 1.22 bits per heavy atom. The van der Waals surface area contributed by atoms with E-state index in [-0.39, 0.29) is 17.9 Å². The first-order chi connectivity index (χ1) is 13.1. The van der Waals surface area contributed by atoms with Gasteiger partial charge in [-0.15, -0.1) is 11.3 Å². The van der Waals surface area contributed by atoms with Gasteiger partial charge in [0.05, 0.1) is 26.4 Å². The summed E-state index contributed by atoms with van der Waals surface area (Å²) in [6.45, 7) is 1.70. The maximum atomic E-state index is 12.7. The molecular formula is C19H17N3O4S. The average molecular weight is 383 g/mol. The summed E-state index contributed by atoms with van der Waals surface area (Å²) < 4.78 is 6.46. The number of nitrogens with zero attached hydrogens (tertiary/aromatic N) is 3. The number of esters is 1. The smallest absolute Gasteiger partial charge is 0.340 e. The summed E-state index contributed by atoms with van der Waals surface area (Å²) in [5.74, 6) is -0.570. The van der Waals surface area contributed by atoms with Crippen LogP contribution in [0, 0.1) is 10.1 Å². The van der Waals surface area contributed by atoms with Gasteiger partial charge in [0, 0.05) is 25.2 Å². The van der Waals surface area contributed by atoms with Crippen molar-refractivity contribution in [2.45, 2.75) is 19.4 Å². The molecule has 2 heterocycles. The molecule has 7 nitrogen and oxygen atoms in total. The number of nitro benzene ring substituents is 1. The van der Waals surface area contributed by atoms with E-state index in [1.54, 1.807) is 6.07 Å². The van der Waals surface area contributed by atoms with Crippen LogP contribution in [0.5, 0.6) is 0 Å². The van der Waals surface area contributed by atoms with E-state index in [0.29, 0.717) is 10.7 Å². The van der Waals surface area contributed by atoms with Crippen molar-refractivity contribution in [3.8, 4) is 0 Å². The lowest BCUT2D eigenvalue weighted by molar-refractivity contribution is -0.384. The minimum atomic E-state index is -0.570. The van der Waals surface area contributed by atoms with E-state index in [1.165, 1.54) is 23.5 Å². The van der Waals surface area contributed by atoms with Gasteiger partial charge in [0.15, 0.2) is 0 Å². The van der Waals surface area contributed by atoms with Crippen LogP contribution in [0.3, 0.4) is 0 Å². The molecule has 0 N–H and O–H groups in total. The topological polar surface area (TPSA) is 85.6 Å². The Morgan fingerprint density at radius 3 is 2.74 bits per heavy atom. The van der Waals surface area contributed by atoms with Crippen molar-refractivity contribution in [3.63, 3.8) is 0 Å².